The van der Waals surface area contributed by atoms with Crippen LogP contribution in [0, 0.1) is 10.8 Å². The smallest absolute Gasteiger partial charge is 0.138 e. The van der Waals surface area contributed by atoms with E-state index in [1.807, 2.05) is 30.5 Å². The molecule has 2 aliphatic rings. The molecule has 10 heteroatoms. The lowest BCUT2D eigenvalue weighted by Gasteiger charge is -2.13. The number of halogens is 1. The van der Waals surface area contributed by atoms with Crippen LogP contribution in [-0.2, 0) is 5.75 Å². The Balaban J connectivity index is 1.50. The van der Waals surface area contributed by atoms with Gasteiger partial charge in [-0.25, -0.2) is 9.98 Å². The summed E-state index contributed by atoms with van der Waals surface area (Å²) in [5, 5.41) is 20.7. The standard InChI is InChI=1S/C20H19ClN6OS2/c21-30-18-10-26-20(27-11-18)15(7-23)12-28-16-3-1-14(2-4-16)13-29-17-8-24-19(5-6-22)25-9-17/h1-11,22-24,26H,12-13H2/b19-5+,20-15-,22-6?,23-7?. The highest BCUT2D eigenvalue weighted by atomic mass is 35.7. The molecule has 3 rings (SSSR count). The summed E-state index contributed by atoms with van der Waals surface area (Å²) in [6.45, 7) is 0.231. The number of nitrogens with one attached hydrogen (secondary N) is 4. The molecule has 0 radical (unpaired) electrons. The molecular formula is C20H19ClN6OS2. The summed E-state index contributed by atoms with van der Waals surface area (Å²) in [7, 11) is 6.76. The molecule has 0 aromatic heterocycles. The van der Waals surface area contributed by atoms with Crippen molar-refractivity contribution in [2.75, 3.05) is 6.61 Å². The van der Waals surface area contributed by atoms with Crippen molar-refractivity contribution in [2.24, 2.45) is 9.98 Å². The predicted octanol–water partition coefficient (Wildman–Crippen LogP) is 4.57. The molecule has 7 nitrogen and oxygen atoms in total. The van der Waals surface area contributed by atoms with Crippen molar-refractivity contribution in [2.45, 2.75) is 5.75 Å². The maximum atomic E-state index is 7.61. The molecule has 0 amide bonds. The van der Waals surface area contributed by atoms with E-state index >= 15 is 0 Å². The van der Waals surface area contributed by atoms with Crippen molar-refractivity contribution >= 4 is 58.3 Å². The SMILES string of the molecule is N=C/C=C1/N=CC(SCc2ccc(OC/C(C=N)=C3\N=CC(SCl)=CN3)cc2)=CN1. The number of aliphatic imine (C=N–C) groups is 2. The topological polar surface area (TPSA) is 106 Å². The Hall–Kier alpha value is -2.75. The fraction of sp³-hybridized carbons (Fsp3) is 0.100. The first-order valence-corrected chi connectivity index (χ1v) is 11.4. The van der Waals surface area contributed by atoms with Crippen LogP contribution in [-0.4, -0.2) is 31.5 Å². The number of hydrogen-bond donors (Lipinski definition) is 4. The van der Waals surface area contributed by atoms with E-state index in [1.165, 1.54) is 12.4 Å². The van der Waals surface area contributed by atoms with Gasteiger partial charge in [0.2, 0.25) is 0 Å². The van der Waals surface area contributed by atoms with Gasteiger partial charge in [0.05, 0.1) is 4.91 Å². The van der Waals surface area contributed by atoms with Crippen LogP contribution in [0.2, 0.25) is 0 Å². The van der Waals surface area contributed by atoms with Gasteiger partial charge in [-0.3, -0.25) is 0 Å². The number of benzene rings is 1. The quantitative estimate of drug-likeness (QED) is 0.405. The average Bonchev–Trinajstić information content (AvgIpc) is 2.80. The van der Waals surface area contributed by atoms with Gasteiger partial charge in [-0.05, 0) is 45.4 Å². The zero-order valence-corrected chi connectivity index (χ0v) is 18.2. The molecule has 0 aliphatic carbocycles. The number of hydrogen-bond acceptors (Lipinski definition) is 9. The molecule has 154 valence electrons. The summed E-state index contributed by atoms with van der Waals surface area (Å²) in [6, 6.07) is 7.85. The van der Waals surface area contributed by atoms with Gasteiger partial charge in [-0.1, -0.05) is 12.1 Å². The number of nitrogens with zero attached hydrogens (tertiary/aromatic N) is 2. The summed E-state index contributed by atoms with van der Waals surface area (Å²) in [6.07, 6.45) is 11.1. The number of ether oxygens (including phenoxy) is 1. The van der Waals surface area contributed by atoms with E-state index in [-0.39, 0.29) is 6.61 Å². The molecule has 0 spiro atoms. The van der Waals surface area contributed by atoms with Crippen molar-refractivity contribution in [1.82, 2.24) is 10.6 Å². The molecule has 2 aliphatic heterocycles. The molecule has 0 atom stereocenters. The van der Waals surface area contributed by atoms with Crippen LogP contribution < -0.4 is 15.4 Å². The van der Waals surface area contributed by atoms with E-state index in [0.29, 0.717) is 17.2 Å². The Morgan fingerprint density at radius 2 is 1.83 bits per heavy atom. The zero-order valence-electron chi connectivity index (χ0n) is 15.8. The highest BCUT2D eigenvalue weighted by molar-refractivity contribution is 8.24. The third kappa shape index (κ3) is 6.38. The summed E-state index contributed by atoms with van der Waals surface area (Å²) < 4.78 is 5.80. The fourth-order valence-corrected chi connectivity index (χ4v) is 3.59. The van der Waals surface area contributed by atoms with Crippen LogP contribution in [0.5, 0.6) is 5.75 Å². The van der Waals surface area contributed by atoms with Gasteiger partial charge in [0.1, 0.15) is 24.0 Å². The molecule has 0 fully saturated rings. The monoisotopic (exact) mass is 458 g/mol. The molecule has 0 bridgehead atoms. The van der Waals surface area contributed by atoms with Crippen LogP contribution in [0.1, 0.15) is 5.56 Å². The number of rotatable bonds is 9. The van der Waals surface area contributed by atoms with Gasteiger partial charge >= 0.3 is 0 Å². The first-order chi connectivity index (χ1) is 14.7. The minimum Gasteiger partial charge on any atom is -0.489 e. The lowest BCUT2D eigenvalue weighted by Crippen LogP contribution is -2.15. The van der Waals surface area contributed by atoms with E-state index < -0.39 is 0 Å². The van der Waals surface area contributed by atoms with Crippen molar-refractivity contribution in [1.29, 1.82) is 10.8 Å². The Morgan fingerprint density at radius 3 is 2.43 bits per heavy atom. The van der Waals surface area contributed by atoms with E-state index in [0.717, 1.165) is 37.9 Å². The van der Waals surface area contributed by atoms with Gasteiger partial charge in [0.15, 0.2) is 0 Å². The van der Waals surface area contributed by atoms with Gasteiger partial charge in [-0.2, -0.15) is 0 Å². The second-order valence-corrected chi connectivity index (χ2v) is 8.07. The molecule has 2 heterocycles. The van der Waals surface area contributed by atoms with Crippen LogP contribution in [0.3, 0.4) is 0 Å². The third-order valence-electron chi connectivity index (χ3n) is 3.90. The first kappa shape index (κ1) is 21.9. The molecule has 0 unspecified atom stereocenters. The highest BCUT2D eigenvalue weighted by Gasteiger charge is 2.09. The molecular weight excluding hydrogens is 440 g/mol. The second kappa shape index (κ2) is 11.4. The van der Waals surface area contributed by atoms with Crippen LogP contribution >= 0.6 is 33.4 Å². The Labute approximate surface area is 187 Å². The molecule has 1 aromatic rings. The number of thioether (sulfide) groups is 1. The summed E-state index contributed by atoms with van der Waals surface area (Å²) in [5.41, 5.74) is 1.79. The van der Waals surface area contributed by atoms with E-state index in [2.05, 4.69) is 20.6 Å². The molecule has 0 saturated carbocycles. The maximum Gasteiger partial charge on any atom is 0.138 e. The van der Waals surface area contributed by atoms with E-state index in [4.69, 9.17) is 26.2 Å². The summed E-state index contributed by atoms with van der Waals surface area (Å²) in [4.78, 5) is 10.3. The average molecular weight is 459 g/mol. The van der Waals surface area contributed by atoms with Gasteiger partial charge in [0, 0.05) is 53.5 Å². The van der Waals surface area contributed by atoms with Crippen molar-refractivity contribution in [3.63, 3.8) is 0 Å². The fourth-order valence-electron chi connectivity index (χ4n) is 2.35. The van der Waals surface area contributed by atoms with Crippen LogP contribution in [0.15, 0.2) is 79.8 Å². The van der Waals surface area contributed by atoms with Crippen molar-refractivity contribution in [3.8, 4) is 5.75 Å². The van der Waals surface area contributed by atoms with Gasteiger partial charge < -0.3 is 26.2 Å². The van der Waals surface area contributed by atoms with Crippen LogP contribution in [0.25, 0.3) is 0 Å². The molecule has 1 aromatic carbocycles. The molecule has 0 saturated heterocycles. The van der Waals surface area contributed by atoms with Crippen molar-refractivity contribution < 1.29 is 4.74 Å². The van der Waals surface area contributed by atoms with Gasteiger partial charge in [0.25, 0.3) is 0 Å². The summed E-state index contributed by atoms with van der Waals surface area (Å²) in [5.74, 6) is 2.74. The lowest BCUT2D eigenvalue weighted by molar-refractivity contribution is 0.356. The minimum absolute atomic E-state index is 0.231. The molecule has 4 N–H and O–H groups in total. The second-order valence-electron chi connectivity index (χ2n) is 5.93. The minimum atomic E-state index is 0.231. The Bertz CT molecular complexity index is 980. The third-order valence-corrected chi connectivity index (χ3v) is 5.87. The van der Waals surface area contributed by atoms with Crippen molar-refractivity contribution in [3.05, 3.63) is 75.3 Å². The highest BCUT2D eigenvalue weighted by Crippen LogP contribution is 2.24. The Morgan fingerprint density at radius 1 is 1.07 bits per heavy atom. The lowest BCUT2D eigenvalue weighted by atomic mass is 10.2. The largest absolute Gasteiger partial charge is 0.489 e. The predicted molar refractivity (Wildman–Crippen MR) is 129 cm³/mol. The maximum absolute atomic E-state index is 7.61. The summed E-state index contributed by atoms with van der Waals surface area (Å²) >= 11 is 1.67. The van der Waals surface area contributed by atoms with E-state index in [1.54, 1.807) is 36.5 Å². The first-order valence-electron chi connectivity index (χ1n) is 8.81. The zero-order chi connectivity index (χ0) is 21.2. The Kier molecular flexibility index (Phi) is 8.37. The normalized spacial score (nSPS) is 18.1. The number of allylic oxidation sites excluding steroid dienone is 3. The van der Waals surface area contributed by atoms with E-state index in [9.17, 15) is 0 Å². The molecule has 30 heavy (non-hydrogen) atoms. The van der Waals surface area contributed by atoms with Gasteiger partial charge in [-0.15, -0.1) is 11.8 Å². The van der Waals surface area contributed by atoms with Crippen LogP contribution in [0.4, 0.5) is 0 Å².